The van der Waals surface area contributed by atoms with Crippen molar-refractivity contribution in [2.24, 2.45) is 0 Å². The van der Waals surface area contributed by atoms with Crippen molar-refractivity contribution >= 4 is 17.7 Å². The Hall–Kier alpha value is -3.29. The average Bonchev–Trinajstić information content (AvgIpc) is 3.08. The van der Waals surface area contributed by atoms with Crippen LogP contribution in [0.2, 0.25) is 0 Å². The van der Waals surface area contributed by atoms with Gasteiger partial charge in [-0.25, -0.2) is 0 Å². The normalized spacial score (nSPS) is 12.5. The van der Waals surface area contributed by atoms with Crippen LogP contribution in [0, 0.1) is 0 Å². The van der Waals surface area contributed by atoms with E-state index in [4.69, 9.17) is 14.2 Å². The molecule has 0 unspecified atom stereocenters. The molecule has 0 atom stereocenters. The number of fused-ring (bicyclic) bond motifs is 1. The highest BCUT2D eigenvalue weighted by Gasteiger charge is 2.14. The van der Waals surface area contributed by atoms with Crippen molar-refractivity contribution in [3.05, 3.63) is 48.0 Å². The van der Waals surface area contributed by atoms with E-state index in [1.54, 1.807) is 18.2 Å². The van der Waals surface area contributed by atoms with Crippen LogP contribution < -0.4 is 24.3 Å². The molecule has 0 radical (unpaired) electrons. The Morgan fingerprint density at radius 1 is 1.15 bits per heavy atom. The number of amides is 1. The summed E-state index contributed by atoms with van der Waals surface area (Å²) in [6.45, 7) is -2.79. The molecule has 1 N–H and O–H groups in total. The van der Waals surface area contributed by atoms with Gasteiger partial charge in [0.2, 0.25) is 12.7 Å². The molecule has 136 valence electrons. The second-order valence-electron chi connectivity index (χ2n) is 5.18. The number of benzene rings is 2. The van der Waals surface area contributed by atoms with Crippen LogP contribution >= 0.6 is 0 Å². The van der Waals surface area contributed by atoms with Crippen LogP contribution in [0.25, 0.3) is 6.08 Å². The zero-order valence-corrected chi connectivity index (χ0v) is 13.7. The van der Waals surface area contributed by atoms with E-state index in [1.807, 2.05) is 0 Å². The summed E-state index contributed by atoms with van der Waals surface area (Å²) in [6, 6.07) is 9.42. The molecule has 0 spiro atoms. The molecule has 3 rings (SSSR count). The number of rotatable bonds is 6. The fourth-order valence-corrected chi connectivity index (χ4v) is 2.31. The zero-order chi connectivity index (χ0) is 18.5. The van der Waals surface area contributed by atoms with Gasteiger partial charge in [0.15, 0.2) is 23.0 Å². The first-order valence-corrected chi connectivity index (χ1v) is 7.57. The fraction of sp³-hybridized carbons (Fsp3) is 0.167. The summed E-state index contributed by atoms with van der Waals surface area (Å²) >= 11 is 0. The predicted molar refractivity (Wildman–Crippen MR) is 89.9 cm³/mol. The van der Waals surface area contributed by atoms with E-state index in [-0.39, 0.29) is 24.2 Å². The second-order valence-corrected chi connectivity index (χ2v) is 5.18. The van der Waals surface area contributed by atoms with Crippen LogP contribution in [0.4, 0.5) is 14.5 Å². The van der Waals surface area contributed by atoms with E-state index in [9.17, 15) is 13.6 Å². The van der Waals surface area contributed by atoms with Gasteiger partial charge in [-0.1, -0.05) is 6.07 Å². The summed E-state index contributed by atoms with van der Waals surface area (Å²) < 4.78 is 44.4. The maximum absolute atomic E-state index is 12.3. The maximum atomic E-state index is 12.3. The molecule has 8 heteroatoms. The van der Waals surface area contributed by atoms with Crippen LogP contribution in [-0.4, -0.2) is 26.4 Å². The number of alkyl halides is 2. The Morgan fingerprint density at radius 2 is 1.96 bits per heavy atom. The van der Waals surface area contributed by atoms with Gasteiger partial charge in [-0.15, -0.1) is 0 Å². The van der Waals surface area contributed by atoms with Crippen LogP contribution in [0.15, 0.2) is 42.5 Å². The van der Waals surface area contributed by atoms with Gasteiger partial charge in [-0.2, -0.15) is 8.78 Å². The zero-order valence-electron chi connectivity index (χ0n) is 13.7. The van der Waals surface area contributed by atoms with E-state index in [1.165, 1.54) is 37.5 Å². The summed E-state index contributed by atoms with van der Waals surface area (Å²) in [7, 11) is 1.34. The predicted octanol–water partition coefficient (Wildman–Crippen LogP) is 3.68. The number of halogens is 2. The average molecular weight is 363 g/mol. The Balaban J connectivity index is 1.66. The summed E-state index contributed by atoms with van der Waals surface area (Å²) in [5.74, 6) is 0.881. The van der Waals surface area contributed by atoms with Gasteiger partial charge in [0.1, 0.15) is 0 Å². The van der Waals surface area contributed by atoms with Crippen molar-refractivity contribution in [2.75, 3.05) is 19.2 Å². The number of methoxy groups -OCH3 is 1. The molecule has 0 aliphatic carbocycles. The smallest absolute Gasteiger partial charge is 0.387 e. The van der Waals surface area contributed by atoms with Crippen LogP contribution in [0.5, 0.6) is 23.0 Å². The van der Waals surface area contributed by atoms with Crippen LogP contribution in [0.1, 0.15) is 5.56 Å². The Kier molecular flexibility index (Phi) is 5.21. The van der Waals surface area contributed by atoms with Gasteiger partial charge < -0.3 is 24.3 Å². The third-order valence-corrected chi connectivity index (χ3v) is 3.47. The van der Waals surface area contributed by atoms with E-state index < -0.39 is 6.61 Å². The van der Waals surface area contributed by atoms with Gasteiger partial charge in [0.25, 0.3) is 0 Å². The molecule has 0 saturated carbocycles. The Labute approximate surface area is 147 Å². The molecule has 26 heavy (non-hydrogen) atoms. The minimum atomic E-state index is -2.95. The summed E-state index contributed by atoms with van der Waals surface area (Å²) in [6.07, 6.45) is 2.84. The molecule has 0 aromatic heterocycles. The molecule has 1 aliphatic rings. The molecule has 0 bridgehead atoms. The lowest BCUT2D eigenvalue weighted by Gasteiger charge is -2.10. The number of carbonyl (C=O) groups excluding carboxylic acids is 1. The molecule has 1 heterocycles. The Morgan fingerprint density at radius 3 is 2.73 bits per heavy atom. The molecule has 0 fully saturated rings. The summed E-state index contributed by atoms with van der Waals surface area (Å²) in [4.78, 5) is 12.0. The SMILES string of the molecule is COc1cc(/C=C/C(=O)Nc2ccc3c(c2)OCO3)ccc1OC(F)F. The highest BCUT2D eigenvalue weighted by atomic mass is 19.3. The second kappa shape index (κ2) is 7.73. The van der Waals surface area contributed by atoms with E-state index in [0.29, 0.717) is 22.7 Å². The lowest BCUT2D eigenvalue weighted by atomic mass is 10.2. The summed E-state index contributed by atoms with van der Waals surface area (Å²) in [5, 5.41) is 2.69. The molecular weight excluding hydrogens is 348 g/mol. The quantitative estimate of drug-likeness (QED) is 0.793. The molecule has 2 aromatic carbocycles. The first-order valence-electron chi connectivity index (χ1n) is 7.57. The first-order chi connectivity index (χ1) is 12.5. The lowest BCUT2D eigenvalue weighted by molar-refractivity contribution is -0.111. The van der Waals surface area contributed by atoms with Crippen molar-refractivity contribution in [1.82, 2.24) is 0 Å². The molecule has 1 amide bonds. The minimum absolute atomic E-state index is 0.0792. The van der Waals surface area contributed by atoms with Crippen molar-refractivity contribution in [3.63, 3.8) is 0 Å². The van der Waals surface area contributed by atoms with Gasteiger partial charge in [-0.05, 0) is 35.9 Å². The first kappa shape index (κ1) is 17.5. The maximum Gasteiger partial charge on any atom is 0.387 e. The summed E-state index contributed by atoms with van der Waals surface area (Å²) in [5.41, 5.74) is 1.14. The third kappa shape index (κ3) is 4.21. The Bertz CT molecular complexity index is 838. The van der Waals surface area contributed by atoms with Crippen molar-refractivity contribution < 1.29 is 32.5 Å². The van der Waals surface area contributed by atoms with Crippen molar-refractivity contribution in [3.8, 4) is 23.0 Å². The number of ether oxygens (including phenoxy) is 4. The topological polar surface area (TPSA) is 66.0 Å². The highest BCUT2D eigenvalue weighted by molar-refractivity contribution is 6.02. The molecule has 6 nitrogen and oxygen atoms in total. The molecule has 1 aliphatic heterocycles. The number of anilines is 1. The number of hydrogen-bond donors (Lipinski definition) is 1. The van der Waals surface area contributed by atoms with Gasteiger partial charge in [0, 0.05) is 17.8 Å². The van der Waals surface area contributed by atoms with Gasteiger partial charge >= 0.3 is 6.61 Å². The van der Waals surface area contributed by atoms with E-state index in [0.717, 1.165) is 0 Å². The fourth-order valence-electron chi connectivity index (χ4n) is 2.31. The monoisotopic (exact) mass is 363 g/mol. The standard InChI is InChI=1S/C18H15F2NO5/c1-23-15-8-11(2-5-14(15)26-18(19)20)3-7-17(22)21-12-4-6-13-16(9-12)25-10-24-13/h2-9,18H,10H2,1H3,(H,21,22)/b7-3+. The minimum Gasteiger partial charge on any atom is -0.493 e. The largest absolute Gasteiger partial charge is 0.493 e. The van der Waals surface area contributed by atoms with Crippen molar-refractivity contribution in [2.45, 2.75) is 6.61 Å². The molecule has 0 saturated heterocycles. The van der Waals surface area contributed by atoms with Crippen molar-refractivity contribution in [1.29, 1.82) is 0 Å². The third-order valence-electron chi connectivity index (χ3n) is 3.47. The number of hydrogen-bond acceptors (Lipinski definition) is 5. The lowest BCUT2D eigenvalue weighted by Crippen LogP contribution is -2.07. The van der Waals surface area contributed by atoms with E-state index in [2.05, 4.69) is 10.1 Å². The van der Waals surface area contributed by atoms with Gasteiger partial charge in [-0.3, -0.25) is 4.79 Å². The number of nitrogens with one attached hydrogen (secondary N) is 1. The number of carbonyl (C=O) groups is 1. The van der Waals surface area contributed by atoms with Gasteiger partial charge in [0.05, 0.1) is 7.11 Å². The van der Waals surface area contributed by atoms with Crippen LogP contribution in [-0.2, 0) is 4.79 Å². The highest BCUT2D eigenvalue weighted by Crippen LogP contribution is 2.34. The molecule has 2 aromatic rings. The van der Waals surface area contributed by atoms with E-state index >= 15 is 0 Å². The van der Waals surface area contributed by atoms with Crippen LogP contribution in [0.3, 0.4) is 0 Å². The molecular formula is C18H15F2NO5.